The molecule has 0 aromatic rings. The molecule has 0 aliphatic carbocycles. The third-order valence-electron chi connectivity index (χ3n) is 2.43. The summed E-state index contributed by atoms with van der Waals surface area (Å²) < 4.78 is 5.41. The lowest BCUT2D eigenvalue weighted by atomic mass is 10.1. The summed E-state index contributed by atoms with van der Waals surface area (Å²) in [5.74, 6) is 0. The van der Waals surface area contributed by atoms with E-state index in [0.717, 1.165) is 13.0 Å². The average molecular weight is 211 g/mol. The van der Waals surface area contributed by atoms with Crippen LogP contribution in [0.4, 0.5) is 0 Å². The normalized spacial score (nSPS) is 23.7. The summed E-state index contributed by atoms with van der Waals surface area (Å²) in [6.45, 7) is 5.61. The number of ether oxygens (including phenoxy) is 1. The Bertz CT molecular complexity index is 214. The van der Waals surface area contributed by atoms with Crippen LogP contribution in [0.25, 0.3) is 0 Å². The fourth-order valence-corrected chi connectivity index (χ4v) is 1.68. The van der Waals surface area contributed by atoms with Crippen molar-refractivity contribution in [3.8, 4) is 0 Å². The van der Waals surface area contributed by atoms with Crippen molar-refractivity contribution in [1.82, 2.24) is 5.06 Å². The molecule has 1 aliphatic rings. The van der Waals surface area contributed by atoms with E-state index in [-0.39, 0.29) is 0 Å². The van der Waals surface area contributed by atoms with Gasteiger partial charge >= 0.3 is 0 Å². The highest BCUT2D eigenvalue weighted by Gasteiger charge is 2.23. The molecule has 1 unspecified atom stereocenters. The first-order chi connectivity index (χ1) is 7.38. The van der Waals surface area contributed by atoms with Crippen molar-refractivity contribution < 1.29 is 9.57 Å². The molecule has 1 fully saturated rings. The molecule has 1 heterocycles. The maximum atomic E-state index is 5.52. The third kappa shape index (κ3) is 4.38. The largest absolute Gasteiger partial charge is 0.500 e. The van der Waals surface area contributed by atoms with Crippen molar-refractivity contribution in [2.24, 2.45) is 0 Å². The van der Waals surface area contributed by atoms with Gasteiger partial charge in [0.1, 0.15) is 12.9 Å². The minimum atomic E-state index is 0.381. The SMILES string of the molecule is C/C=C/OCC1CCCCN1O/C=C/C. The number of hydroxylamine groups is 2. The predicted molar refractivity (Wildman–Crippen MR) is 61.0 cm³/mol. The second-order valence-electron chi connectivity index (χ2n) is 3.67. The van der Waals surface area contributed by atoms with E-state index in [9.17, 15) is 0 Å². The fourth-order valence-electron chi connectivity index (χ4n) is 1.68. The Kier molecular flexibility index (Phi) is 5.93. The summed E-state index contributed by atoms with van der Waals surface area (Å²) in [6.07, 6.45) is 10.9. The molecule has 0 N–H and O–H groups in total. The minimum Gasteiger partial charge on any atom is -0.500 e. The van der Waals surface area contributed by atoms with Gasteiger partial charge in [0.15, 0.2) is 0 Å². The maximum absolute atomic E-state index is 5.52. The molecular weight excluding hydrogens is 190 g/mol. The zero-order valence-electron chi connectivity index (χ0n) is 9.69. The molecule has 0 bridgehead atoms. The first-order valence-electron chi connectivity index (χ1n) is 5.65. The fraction of sp³-hybridized carbons (Fsp3) is 0.667. The van der Waals surface area contributed by atoms with Crippen LogP contribution in [-0.2, 0) is 9.57 Å². The van der Waals surface area contributed by atoms with Gasteiger partial charge in [-0.2, -0.15) is 0 Å². The van der Waals surface area contributed by atoms with Crippen LogP contribution >= 0.6 is 0 Å². The van der Waals surface area contributed by atoms with Crippen molar-refractivity contribution >= 4 is 0 Å². The smallest absolute Gasteiger partial charge is 0.107 e. The van der Waals surface area contributed by atoms with Crippen molar-refractivity contribution in [2.45, 2.75) is 39.2 Å². The van der Waals surface area contributed by atoms with Crippen LogP contribution < -0.4 is 0 Å². The van der Waals surface area contributed by atoms with E-state index in [1.165, 1.54) is 12.8 Å². The molecule has 0 saturated carbocycles. The summed E-state index contributed by atoms with van der Waals surface area (Å²) in [5, 5.41) is 2.02. The highest BCUT2D eigenvalue weighted by atomic mass is 16.7. The van der Waals surface area contributed by atoms with E-state index in [1.807, 2.05) is 31.1 Å². The van der Waals surface area contributed by atoms with Gasteiger partial charge in [-0.15, -0.1) is 5.06 Å². The van der Waals surface area contributed by atoms with Crippen LogP contribution in [0.2, 0.25) is 0 Å². The lowest BCUT2D eigenvalue weighted by Crippen LogP contribution is -2.41. The molecule has 0 spiro atoms. The summed E-state index contributed by atoms with van der Waals surface area (Å²) in [6, 6.07) is 0.381. The molecule has 0 amide bonds. The Morgan fingerprint density at radius 2 is 2.00 bits per heavy atom. The van der Waals surface area contributed by atoms with E-state index in [4.69, 9.17) is 9.57 Å². The molecule has 15 heavy (non-hydrogen) atoms. The van der Waals surface area contributed by atoms with Crippen LogP contribution in [0, 0.1) is 0 Å². The van der Waals surface area contributed by atoms with E-state index in [1.54, 1.807) is 12.5 Å². The molecule has 0 radical (unpaired) electrons. The number of hydrogen-bond acceptors (Lipinski definition) is 3. The first kappa shape index (κ1) is 12.1. The van der Waals surface area contributed by atoms with Gasteiger partial charge in [0, 0.05) is 6.54 Å². The van der Waals surface area contributed by atoms with Gasteiger partial charge in [-0.1, -0.05) is 18.6 Å². The van der Waals surface area contributed by atoms with Crippen molar-refractivity contribution in [1.29, 1.82) is 0 Å². The van der Waals surface area contributed by atoms with E-state index >= 15 is 0 Å². The molecule has 0 aromatic heterocycles. The van der Waals surface area contributed by atoms with Crippen molar-refractivity contribution in [3.05, 3.63) is 24.7 Å². The summed E-state index contributed by atoms with van der Waals surface area (Å²) in [4.78, 5) is 5.52. The Hall–Kier alpha value is -0.960. The summed E-state index contributed by atoms with van der Waals surface area (Å²) >= 11 is 0. The number of rotatable bonds is 5. The zero-order valence-corrected chi connectivity index (χ0v) is 9.69. The molecule has 0 aromatic carbocycles. The topological polar surface area (TPSA) is 21.7 Å². The lowest BCUT2D eigenvalue weighted by molar-refractivity contribution is -0.160. The maximum Gasteiger partial charge on any atom is 0.107 e. The van der Waals surface area contributed by atoms with E-state index in [2.05, 4.69) is 0 Å². The van der Waals surface area contributed by atoms with Crippen LogP contribution in [0.5, 0.6) is 0 Å². The molecule has 3 heteroatoms. The quantitative estimate of drug-likeness (QED) is 0.653. The standard InChI is InChI=1S/C12H21NO2/c1-3-9-14-11-12-7-5-6-8-13(12)15-10-4-2/h3-4,9-10,12H,5-8,11H2,1-2H3/b9-3+,10-4+. The van der Waals surface area contributed by atoms with Gasteiger partial charge in [-0.05, 0) is 26.7 Å². The van der Waals surface area contributed by atoms with Gasteiger partial charge in [-0.3, -0.25) is 0 Å². The molecule has 1 aliphatic heterocycles. The lowest BCUT2D eigenvalue weighted by Gasteiger charge is -2.32. The van der Waals surface area contributed by atoms with E-state index in [0.29, 0.717) is 12.6 Å². The van der Waals surface area contributed by atoms with Gasteiger partial charge in [0.2, 0.25) is 0 Å². The summed E-state index contributed by atoms with van der Waals surface area (Å²) in [7, 11) is 0. The van der Waals surface area contributed by atoms with Crippen LogP contribution in [0.15, 0.2) is 24.7 Å². The molecule has 1 saturated heterocycles. The Morgan fingerprint density at radius 3 is 2.73 bits per heavy atom. The Balaban J connectivity index is 2.35. The number of hydrogen-bond donors (Lipinski definition) is 0. The number of piperidine rings is 1. The summed E-state index contributed by atoms with van der Waals surface area (Å²) in [5.41, 5.74) is 0. The van der Waals surface area contributed by atoms with Gasteiger partial charge < -0.3 is 9.57 Å². The van der Waals surface area contributed by atoms with E-state index < -0.39 is 0 Å². The average Bonchev–Trinajstić information content (AvgIpc) is 2.28. The monoisotopic (exact) mass is 211 g/mol. The third-order valence-corrected chi connectivity index (χ3v) is 2.43. The molecule has 3 nitrogen and oxygen atoms in total. The molecule has 1 atom stereocenters. The predicted octanol–water partition coefficient (Wildman–Crippen LogP) is 2.86. The molecule has 86 valence electrons. The van der Waals surface area contributed by atoms with Gasteiger partial charge in [0.25, 0.3) is 0 Å². The van der Waals surface area contributed by atoms with Crippen LogP contribution in [-0.4, -0.2) is 24.3 Å². The minimum absolute atomic E-state index is 0.381. The highest BCUT2D eigenvalue weighted by Crippen LogP contribution is 2.17. The van der Waals surface area contributed by atoms with Crippen LogP contribution in [0.1, 0.15) is 33.1 Å². The van der Waals surface area contributed by atoms with Crippen molar-refractivity contribution in [2.75, 3.05) is 13.2 Å². The molecule has 1 rings (SSSR count). The second-order valence-corrected chi connectivity index (χ2v) is 3.67. The zero-order chi connectivity index (χ0) is 10.9. The number of nitrogens with zero attached hydrogens (tertiary/aromatic N) is 1. The van der Waals surface area contributed by atoms with Crippen molar-refractivity contribution in [3.63, 3.8) is 0 Å². The Labute approximate surface area is 92.3 Å². The number of allylic oxidation sites excluding steroid dienone is 2. The van der Waals surface area contributed by atoms with Crippen LogP contribution in [0.3, 0.4) is 0 Å². The second kappa shape index (κ2) is 7.35. The molecular formula is C12H21NO2. The highest BCUT2D eigenvalue weighted by molar-refractivity contribution is 4.75. The van der Waals surface area contributed by atoms with Gasteiger partial charge in [-0.25, -0.2) is 0 Å². The Morgan fingerprint density at radius 1 is 1.20 bits per heavy atom. The first-order valence-corrected chi connectivity index (χ1v) is 5.65. The van der Waals surface area contributed by atoms with Gasteiger partial charge in [0.05, 0.1) is 12.3 Å².